The summed E-state index contributed by atoms with van der Waals surface area (Å²) in [5, 5.41) is 12.0. The van der Waals surface area contributed by atoms with Crippen LogP contribution >= 0.6 is 0 Å². The first-order valence-electron chi connectivity index (χ1n) is 6.87. The Hall–Kier alpha value is -1.30. The van der Waals surface area contributed by atoms with Crippen molar-refractivity contribution < 1.29 is 19.4 Å². The standard InChI is InChI=1S/C13H22N2O4/c1-15(10-3-7-19-8-4-10)12(18)14-9-13(11(16)17)5-2-6-13/h10H,2-9H2,1H3,(H,14,18)(H,16,17). The van der Waals surface area contributed by atoms with E-state index >= 15 is 0 Å². The molecule has 1 aliphatic heterocycles. The number of hydrogen-bond acceptors (Lipinski definition) is 3. The number of urea groups is 1. The highest BCUT2D eigenvalue weighted by molar-refractivity contribution is 5.79. The van der Waals surface area contributed by atoms with Crippen molar-refractivity contribution in [2.24, 2.45) is 5.41 Å². The molecule has 0 aromatic carbocycles. The number of hydrogen-bond donors (Lipinski definition) is 2. The molecule has 1 saturated carbocycles. The SMILES string of the molecule is CN(C(=O)NCC1(C(=O)O)CCC1)C1CCOCC1. The topological polar surface area (TPSA) is 78.9 Å². The van der Waals surface area contributed by atoms with E-state index < -0.39 is 11.4 Å². The molecular formula is C13H22N2O4. The van der Waals surface area contributed by atoms with Gasteiger partial charge in [0.05, 0.1) is 5.41 Å². The number of ether oxygens (including phenoxy) is 1. The molecule has 2 aliphatic rings. The van der Waals surface area contributed by atoms with E-state index in [0.717, 1.165) is 19.3 Å². The van der Waals surface area contributed by atoms with Crippen molar-refractivity contribution in [3.8, 4) is 0 Å². The van der Waals surface area contributed by atoms with Crippen LogP contribution in [0.2, 0.25) is 0 Å². The average molecular weight is 270 g/mol. The Labute approximate surface area is 113 Å². The zero-order chi connectivity index (χ0) is 13.9. The number of rotatable bonds is 4. The van der Waals surface area contributed by atoms with Gasteiger partial charge in [0.15, 0.2) is 0 Å². The van der Waals surface area contributed by atoms with E-state index in [1.165, 1.54) is 0 Å². The lowest BCUT2D eigenvalue weighted by Gasteiger charge is -2.38. The largest absolute Gasteiger partial charge is 0.481 e. The van der Waals surface area contributed by atoms with Gasteiger partial charge in [-0.2, -0.15) is 0 Å². The van der Waals surface area contributed by atoms with Gasteiger partial charge in [0.1, 0.15) is 0 Å². The number of carboxylic acids is 1. The van der Waals surface area contributed by atoms with Gasteiger partial charge >= 0.3 is 12.0 Å². The third-order valence-corrected chi connectivity index (χ3v) is 4.40. The quantitative estimate of drug-likeness (QED) is 0.800. The molecule has 0 bridgehead atoms. The van der Waals surface area contributed by atoms with Crippen molar-refractivity contribution in [2.75, 3.05) is 26.8 Å². The number of carboxylic acid groups (broad SMARTS) is 1. The normalized spacial score (nSPS) is 22.4. The third kappa shape index (κ3) is 3.00. The molecule has 2 rings (SSSR count). The number of carbonyl (C=O) groups is 2. The molecule has 0 aromatic rings. The molecular weight excluding hydrogens is 248 g/mol. The molecule has 6 heteroatoms. The Kier molecular flexibility index (Phi) is 4.29. The number of aliphatic carboxylic acids is 1. The van der Waals surface area contributed by atoms with Crippen molar-refractivity contribution in [3.05, 3.63) is 0 Å². The van der Waals surface area contributed by atoms with Gasteiger partial charge in [-0.05, 0) is 25.7 Å². The molecule has 0 atom stereocenters. The highest BCUT2D eigenvalue weighted by atomic mass is 16.5. The van der Waals surface area contributed by atoms with E-state index in [4.69, 9.17) is 4.74 Å². The van der Waals surface area contributed by atoms with E-state index in [9.17, 15) is 14.7 Å². The minimum Gasteiger partial charge on any atom is -0.481 e. The van der Waals surface area contributed by atoms with Crippen LogP contribution in [0.5, 0.6) is 0 Å². The fraction of sp³-hybridized carbons (Fsp3) is 0.846. The van der Waals surface area contributed by atoms with Gasteiger partial charge in [-0.15, -0.1) is 0 Å². The van der Waals surface area contributed by atoms with Gasteiger partial charge in [-0.3, -0.25) is 4.79 Å². The van der Waals surface area contributed by atoms with Crippen molar-refractivity contribution in [3.63, 3.8) is 0 Å². The summed E-state index contributed by atoms with van der Waals surface area (Å²) in [5.74, 6) is -0.798. The lowest BCUT2D eigenvalue weighted by molar-refractivity contribution is -0.153. The van der Waals surface area contributed by atoms with Gasteiger partial charge in [0.2, 0.25) is 0 Å². The highest BCUT2D eigenvalue weighted by Crippen LogP contribution is 2.40. The predicted molar refractivity (Wildman–Crippen MR) is 68.9 cm³/mol. The van der Waals surface area contributed by atoms with Crippen LogP contribution in [0.25, 0.3) is 0 Å². The van der Waals surface area contributed by atoms with Crippen LogP contribution in [0.15, 0.2) is 0 Å². The predicted octanol–water partition coefficient (Wildman–Crippen LogP) is 1.06. The minimum atomic E-state index is -0.798. The smallest absolute Gasteiger partial charge is 0.317 e. The van der Waals surface area contributed by atoms with Gasteiger partial charge < -0.3 is 20.1 Å². The summed E-state index contributed by atoms with van der Waals surface area (Å²) in [6.07, 6.45) is 3.92. The van der Waals surface area contributed by atoms with E-state index in [1.807, 2.05) is 0 Å². The molecule has 1 heterocycles. The molecule has 0 radical (unpaired) electrons. The summed E-state index contributed by atoms with van der Waals surface area (Å²) in [4.78, 5) is 24.9. The van der Waals surface area contributed by atoms with Crippen LogP contribution in [0.4, 0.5) is 4.79 Å². The van der Waals surface area contributed by atoms with Crippen LogP contribution in [0.3, 0.4) is 0 Å². The minimum absolute atomic E-state index is 0.181. The molecule has 0 aromatic heterocycles. The zero-order valence-electron chi connectivity index (χ0n) is 11.4. The lowest BCUT2D eigenvalue weighted by Crippen LogP contribution is -2.52. The van der Waals surface area contributed by atoms with Crippen LogP contribution in [-0.2, 0) is 9.53 Å². The van der Waals surface area contributed by atoms with Gasteiger partial charge in [0.25, 0.3) is 0 Å². The van der Waals surface area contributed by atoms with Crippen LogP contribution in [0, 0.1) is 5.41 Å². The molecule has 108 valence electrons. The number of nitrogens with one attached hydrogen (secondary N) is 1. The summed E-state index contributed by atoms with van der Waals surface area (Å²) in [7, 11) is 1.76. The Bertz CT molecular complexity index is 349. The summed E-state index contributed by atoms with van der Waals surface area (Å²) >= 11 is 0. The molecule has 1 saturated heterocycles. The third-order valence-electron chi connectivity index (χ3n) is 4.40. The van der Waals surface area contributed by atoms with Crippen LogP contribution < -0.4 is 5.32 Å². The number of nitrogens with zero attached hydrogens (tertiary/aromatic N) is 1. The van der Waals surface area contributed by atoms with Gasteiger partial charge in [0, 0.05) is 32.8 Å². The summed E-state index contributed by atoms with van der Waals surface area (Å²) in [5.41, 5.74) is -0.730. The molecule has 1 aliphatic carbocycles. The monoisotopic (exact) mass is 270 g/mol. The maximum Gasteiger partial charge on any atom is 0.317 e. The average Bonchev–Trinajstić information content (AvgIpc) is 2.37. The fourth-order valence-corrected chi connectivity index (χ4v) is 2.68. The molecule has 2 fully saturated rings. The van der Waals surface area contributed by atoms with Crippen molar-refractivity contribution in [2.45, 2.75) is 38.1 Å². The summed E-state index contributed by atoms with van der Waals surface area (Å²) in [6, 6.07) is 0.00958. The second kappa shape index (κ2) is 5.77. The second-order valence-corrected chi connectivity index (χ2v) is 5.55. The second-order valence-electron chi connectivity index (χ2n) is 5.55. The van der Waals surface area contributed by atoms with Gasteiger partial charge in [-0.25, -0.2) is 4.79 Å². The lowest BCUT2D eigenvalue weighted by atomic mass is 9.69. The Morgan fingerprint density at radius 1 is 1.37 bits per heavy atom. The van der Waals surface area contributed by atoms with Crippen LogP contribution in [0.1, 0.15) is 32.1 Å². The van der Waals surface area contributed by atoms with E-state index in [1.54, 1.807) is 11.9 Å². The molecule has 2 N–H and O–H groups in total. The Morgan fingerprint density at radius 2 is 2.00 bits per heavy atom. The van der Waals surface area contributed by atoms with E-state index in [-0.39, 0.29) is 18.6 Å². The van der Waals surface area contributed by atoms with Crippen molar-refractivity contribution >= 4 is 12.0 Å². The fourth-order valence-electron chi connectivity index (χ4n) is 2.68. The number of carbonyl (C=O) groups excluding carboxylic acids is 1. The molecule has 6 nitrogen and oxygen atoms in total. The zero-order valence-corrected chi connectivity index (χ0v) is 11.4. The van der Waals surface area contributed by atoms with Gasteiger partial charge in [-0.1, -0.05) is 6.42 Å². The Balaban J connectivity index is 1.81. The summed E-state index contributed by atoms with van der Waals surface area (Å²) < 4.78 is 5.27. The maximum absolute atomic E-state index is 12.0. The summed E-state index contributed by atoms with van der Waals surface area (Å²) in [6.45, 7) is 1.59. The van der Waals surface area contributed by atoms with Crippen LogP contribution in [-0.4, -0.2) is 54.9 Å². The maximum atomic E-state index is 12.0. The molecule has 19 heavy (non-hydrogen) atoms. The molecule has 0 spiro atoms. The van der Waals surface area contributed by atoms with Crippen molar-refractivity contribution in [1.82, 2.24) is 10.2 Å². The van der Waals surface area contributed by atoms with Crippen molar-refractivity contribution in [1.29, 1.82) is 0 Å². The first kappa shape index (κ1) is 14.1. The first-order chi connectivity index (χ1) is 9.05. The first-order valence-corrected chi connectivity index (χ1v) is 6.87. The highest BCUT2D eigenvalue weighted by Gasteiger charge is 2.44. The number of amides is 2. The van der Waals surface area contributed by atoms with E-state index in [0.29, 0.717) is 26.1 Å². The molecule has 0 unspecified atom stereocenters. The Morgan fingerprint density at radius 3 is 2.47 bits per heavy atom. The molecule has 2 amide bonds. The van der Waals surface area contributed by atoms with E-state index in [2.05, 4.69) is 5.32 Å².